The molecular formula is C39H38N8O5S. The van der Waals surface area contributed by atoms with E-state index in [0.29, 0.717) is 78.5 Å². The lowest BCUT2D eigenvalue weighted by Crippen LogP contribution is -2.52. The molecule has 3 N–H and O–H groups in total. The van der Waals surface area contributed by atoms with Crippen LogP contribution in [0.3, 0.4) is 0 Å². The van der Waals surface area contributed by atoms with Crippen molar-refractivity contribution in [3.05, 3.63) is 90.3 Å². The highest BCUT2D eigenvalue weighted by Gasteiger charge is 2.40. The van der Waals surface area contributed by atoms with Gasteiger partial charge in [-0.25, -0.2) is 14.6 Å². The Morgan fingerprint density at radius 2 is 1.77 bits per heavy atom. The second-order valence-electron chi connectivity index (χ2n) is 13.5. The van der Waals surface area contributed by atoms with Crippen LogP contribution in [0.1, 0.15) is 60.5 Å². The fourth-order valence-corrected chi connectivity index (χ4v) is 8.43. The normalized spacial score (nSPS) is 18.7. The van der Waals surface area contributed by atoms with E-state index in [0.717, 1.165) is 34.6 Å². The van der Waals surface area contributed by atoms with Gasteiger partial charge in [0.2, 0.25) is 17.7 Å². The van der Waals surface area contributed by atoms with Crippen LogP contribution in [0.25, 0.3) is 22.3 Å². The highest BCUT2D eigenvalue weighted by molar-refractivity contribution is 7.99. The van der Waals surface area contributed by atoms with E-state index in [-0.39, 0.29) is 30.2 Å². The van der Waals surface area contributed by atoms with Crippen molar-refractivity contribution in [3.63, 3.8) is 0 Å². The van der Waals surface area contributed by atoms with Gasteiger partial charge in [-0.2, -0.15) is 5.10 Å². The molecule has 3 aliphatic rings. The molecule has 4 amide bonds. The van der Waals surface area contributed by atoms with Gasteiger partial charge in [-0.05, 0) is 85.5 Å². The maximum atomic E-state index is 13.5. The summed E-state index contributed by atoms with van der Waals surface area (Å²) in [6, 6.07) is 22.2. The van der Waals surface area contributed by atoms with Crippen molar-refractivity contribution in [1.29, 1.82) is 0 Å². The van der Waals surface area contributed by atoms with Crippen LogP contribution >= 0.6 is 11.8 Å². The van der Waals surface area contributed by atoms with Crippen LogP contribution < -0.4 is 15.8 Å². The first-order valence-electron chi connectivity index (χ1n) is 17.8. The standard InChI is InChI=1S/C39H38N8O5S/c40-36-34-35(24-13-15-27(16-14-24)52-26-8-2-1-3-9-26)44-47(37(34)42-23-41-36)25-7-5-19-45(21-25)33(49)12-6-20-53-31-11-4-10-28-29(31)22-46(39(28)51)30-17-18-32(48)43-38(30)50/h1-4,8-11,13-16,23,25,30H,5-7,12,17-22H2,(H2,40,41,42)(H,43,48,50)/t25-,30?/m1/s1. The Labute approximate surface area is 309 Å². The van der Waals surface area contributed by atoms with E-state index < -0.39 is 11.9 Å². The zero-order chi connectivity index (χ0) is 36.5. The summed E-state index contributed by atoms with van der Waals surface area (Å²) in [5, 5.41) is 8.06. The van der Waals surface area contributed by atoms with Gasteiger partial charge < -0.3 is 20.3 Å². The number of carbonyl (C=O) groups excluding carboxylic acids is 4. The quantitative estimate of drug-likeness (QED) is 0.109. The number of amides is 4. The van der Waals surface area contributed by atoms with Crippen molar-refractivity contribution in [3.8, 4) is 22.8 Å². The van der Waals surface area contributed by atoms with Gasteiger partial charge in [0.25, 0.3) is 5.91 Å². The molecule has 0 spiro atoms. The predicted molar refractivity (Wildman–Crippen MR) is 199 cm³/mol. The number of hydrogen-bond acceptors (Lipinski definition) is 10. The van der Waals surface area contributed by atoms with Crippen molar-refractivity contribution in [2.45, 2.75) is 62.0 Å². The molecule has 2 atom stereocenters. The molecule has 0 saturated carbocycles. The van der Waals surface area contributed by atoms with E-state index in [2.05, 4.69) is 15.3 Å². The molecule has 0 radical (unpaired) electrons. The van der Waals surface area contributed by atoms with E-state index in [9.17, 15) is 19.2 Å². The molecule has 5 heterocycles. The van der Waals surface area contributed by atoms with E-state index >= 15 is 0 Å². The summed E-state index contributed by atoms with van der Waals surface area (Å²) in [6.07, 6.45) is 4.73. The summed E-state index contributed by atoms with van der Waals surface area (Å²) in [7, 11) is 0. The van der Waals surface area contributed by atoms with Crippen molar-refractivity contribution in [2.24, 2.45) is 0 Å². The Bertz CT molecular complexity index is 2210. The van der Waals surface area contributed by atoms with Crippen molar-refractivity contribution >= 4 is 52.2 Å². The number of carbonyl (C=O) groups is 4. The Hall–Kier alpha value is -5.76. The number of piperidine rings is 2. The van der Waals surface area contributed by atoms with Crippen LogP contribution in [-0.2, 0) is 20.9 Å². The fourth-order valence-electron chi connectivity index (χ4n) is 7.39. The number of thioether (sulfide) groups is 1. The van der Waals surface area contributed by atoms with Gasteiger partial charge >= 0.3 is 0 Å². The molecule has 2 saturated heterocycles. The SMILES string of the molecule is Nc1ncnc2c1c(-c1ccc(Oc3ccccc3)cc1)nn2[C@@H]1CCCN(C(=O)CCCSc2cccc3c2CN(C2CCC(=O)NC2=O)C3=O)C1. The summed E-state index contributed by atoms with van der Waals surface area (Å²) < 4.78 is 7.88. The van der Waals surface area contributed by atoms with E-state index in [1.807, 2.05) is 76.3 Å². The van der Waals surface area contributed by atoms with Crippen LogP contribution in [0.4, 0.5) is 5.82 Å². The third-order valence-corrected chi connectivity index (χ3v) is 11.2. The minimum atomic E-state index is -0.653. The summed E-state index contributed by atoms with van der Waals surface area (Å²) in [4.78, 5) is 64.1. The van der Waals surface area contributed by atoms with Crippen LogP contribution in [0.2, 0.25) is 0 Å². The number of anilines is 1. The fraction of sp³-hybridized carbons (Fsp3) is 0.308. The number of likely N-dealkylation sites (tertiary alicyclic amines) is 1. The molecule has 0 aliphatic carbocycles. The van der Waals surface area contributed by atoms with Gasteiger partial charge in [0.15, 0.2) is 5.65 Å². The lowest BCUT2D eigenvalue weighted by atomic mass is 10.0. The first-order valence-corrected chi connectivity index (χ1v) is 18.8. The van der Waals surface area contributed by atoms with E-state index in [1.54, 1.807) is 22.7 Å². The second kappa shape index (κ2) is 14.7. The number of aromatic nitrogens is 4. The molecule has 270 valence electrons. The lowest BCUT2D eigenvalue weighted by Gasteiger charge is -2.33. The van der Waals surface area contributed by atoms with Gasteiger partial charge in [0.05, 0.1) is 11.4 Å². The number of fused-ring (bicyclic) bond motifs is 2. The molecule has 2 fully saturated rings. The number of nitrogens with one attached hydrogen (secondary N) is 1. The highest BCUT2D eigenvalue weighted by atomic mass is 32.2. The first kappa shape index (κ1) is 34.3. The van der Waals surface area contributed by atoms with Crippen LogP contribution in [0.15, 0.2) is 84.0 Å². The van der Waals surface area contributed by atoms with E-state index in [4.69, 9.17) is 15.6 Å². The number of ether oxygens (including phenoxy) is 1. The molecule has 8 rings (SSSR count). The Morgan fingerprint density at radius 1 is 0.962 bits per heavy atom. The third-order valence-electron chi connectivity index (χ3n) is 10.1. The number of benzene rings is 3. The Morgan fingerprint density at radius 3 is 2.58 bits per heavy atom. The van der Waals surface area contributed by atoms with Crippen molar-refractivity contribution < 1.29 is 23.9 Å². The second-order valence-corrected chi connectivity index (χ2v) is 14.6. The Balaban J connectivity index is 0.903. The van der Waals surface area contributed by atoms with Gasteiger partial charge in [0.1, 0.15) is 35.4 Å². The largest absolute Gasteiger partial charge is 0.457 e. The monoisotopic (exact) mass is 730 g/mol. The number of nitrogens with two attached hydrogens (primary N) is 1. The lowest BCUT2D eigenvalue weighted by molar-refractivity contribution is -0.137. The summed E-state index contributed by atoms with van der Waals surface area (Å²) in [5.41, 5.74) is 10.1. The van der Waals surface area contributed by atoms with Crippen molar-refractivity contribution in [2.75, 3.05) is 24.6 Å². The van der Waals surface area contributed by atoms with Gasteiger partial charge in [-0.1, -0.05) is 24.3 Å². The Kier molecular flexibility index (Phi) is 9.52. The number of imide groups is 1. The minimum absolute atomic E-state index is 0.0786. The number of rotatable bonds is 10. The summed E-state index contributed by atoms with van der Waals surface area (Å²) in [6.45, 7) is 1.52. The van der Waals surface area contributed by atoms with Crippen LogP contribution in [0, 0.1) is 0 Å². The molecule has 14 heteroatoms. The average molecular weight is 731 g/mol. The maximum absolute atomic E-state index is 13.5. The third kappa shape index (κ3) is 6.93. The van der Waals surface area contributed by atoms with Crippen LogP contribution in [-0.4, -0.2) is 78.1 Å². The van der Waals surface area contributed by atoms with Crippen molar-refractivity contribution in [1.82, 2.24) is 34.9 Å². The number of para-hydroxylation sites is 1. The predicted octanol–water partition coefficient (Wildman–Crippen LogP) is 5.36. The molecule has 3 aromatic carbocycles. The molecule has 0 bridgehead atoms. The van der Waals surface area contributed by atoms with Gasteiger partial charge in [0, 0.05) is 48.5 Å². The molecule has 1 unspecified atom stereocenters. The zero-order valence-corrected chi connectivity index (χ0v) is 29.8. The number of nitrogens with zero attached hydrogens (tertiary/aromatic N) is 6. The number of hydrogen-bond donors (Lipinski definition) is 2. The molecule has 2 aromatic heterocycles. The molecule has 53 heavy (non-hydrogen) atoms. The summed E-state index contributed by atoms with van der Waals surface area (Å²) in [5.74, 6) is 1.67. The highest BCUT2D eigenvalue weighted by Crippen LogP contribution is 2.37. The maximum Gasteiger partial charge on any atom is 0.255 e. The average Bonchev–Trinajstić information content (AvgIpc) is 3.73. The number of nitrogen functional groups attached to an aromatic ring is 1. The molecule has 3 aliphatic heterocycles. The smallest absolute Gasteiger partial charge is 0.255 e. The topological polar surface area (TPSA) is 166 Å². The molecule has 13 nitrogen and oxygen atoms in total. The van der Waals surface area contributed by atoms with Gasteiger partial charge in [-0.3, -0.25) is 24.5 Å². The molecule has 5 aromatic rings. The minimum Gasteiger partial charge on any atom is -0.457 e. The zero-order valence-electron chi connectivity index (χ0n) is 28.9. The van der Waals surface area contributed by atoms with E-state index in [1.165, 1.54) is 6.33 Å². The molecular weight excluding hydrogens is 693 g/mol. The summed E-state index contributed by atoms with van der Waals surface area (Å²) >= 11 is 1.62. The first-order chi connectivity index (χ1) is 25.8. The van der Waals surface area contributed by atoms with Crippen LogP contribution in [0.5, 0.6) is 11.5 Å². The van der Waals surface area contributed by atoms with Gasteiger partial charge in [-0.15, -0.1) is 11.8 Å².